The number of sulfonamides is 1. The van der Waals surface area contributed by atoms with E-state index in [2.05, 4.69) is 21.9 Å². The number of nitrogens with one attached hydrogen (secondary N) is 2. The zero-order valence-corrected chi connectivity index (χ0v) is 17.6. The highest BCUT2D eigenvalue weighted by Crippen LogP contribution is 2.21. The van der Waals surface area contributed by atoms with Crippen molar-refractivity contribution < 1.29 is 13.2 Å². The van der Waals surface area contributed by atoms with Crippen LogP contribution in [0.1, 0.15) is 27.0 Å². The fourth-order valence-electron chi connectivity index (χ4n) is 2.79. The first-order valence-corrected chi connectivity index (χ1v) is 10.9. The van der Waals surface area contributed by atoms with Gasteiger partial charge in [0.1, 0.15) is 0 Å². The van der Waals surface area contributed by atoms with Crippen LogP contribution in [0.15, 0.2) is 77.7 Å². The summed E-state index contributed by atoms with van der Waals surface area (Å²) in [5.41, 5.74) is 3.14. The zero-order valence-electron chi connectivity index (χ0n) is 16.8. The molecular weight excluding hydrogens is 396 g/mol. The molecule has 3 rings (SSSR count). The van der Waals surface area contributed by atoms with Crippen LogP contribution >= 0.6 is 0 Å². The Morgan fingerprint density at radius 2 is 1.60 bits per heavy atom. The molecule has 3 aromatic rings. The summed E-state index contributed by atoms with van der Waals surface area (Å²) in [5, 5.41) is 2.72. The van der Waals surface area contributed by atoms with Gasteiger partial charge in [-0.05, 0) is 55.3 Å². The second-order valence-electron chi connectivity index (χ2n) is 6.75. The lowest BCUT2D eigenvalue weighted by Crippen LogP contribution is -2.25. The molecule has 0 aliphatic carbocycles. The fourth-order valence-corrected chi connectivity index (χ4v) is 3.95. The first kappa shape index (κ1) is 21.2. The first-order valence-electron chi connectivity index (χ1n) is 9.38. The Labute approximate surface area is 177 Å². The molecule has 0 spiro atoms. The largest absolute Gasteiger partial charge is 0.341 e. The maximum Gasteiger partial charge on any atom is 0.261 e. The van der Waals surface area contributed by atoms with Crippen molar-refractivity contribution in [3.63, 3.8) is 0 Å². The lowest BCUT2D eigenvalue weighted by Gasteiger charge is -2.12. The summed E-state index contributed by atoms with van der Waals surface area (Å²) in [6.07, 6.45) is 0. The minimum atomic E-state index is -3.83. The van der Waals surface area contributed by atoms with Gasteiger partial charge in [0.05, 0.1) is 17.1 Å². The Morgan fingerprint density at radius 3 is 2.33 bits per heavy atom. The molecule has 152 valence electrons. The molecule has 0 aromatic heterocycles. The molecular formula is C24H22N2O3S. The highest BCUT2D eigenvalue weighted by atomic mass is 32.2. The van der Waals surface area contributed by atoms with Crippen molar-refractivity contribution in [1.82, 2.24) is 5.32 Å². The van der Waals surface area contributed by atoms with Crippen molar-refractivity contribution in [2.75, 3.05) is 11.3 Å². The molecule has 0 saturated carbocycles. The number of benzene rings is 3. The quantitative estimate of drug-likeness (QED) is 0.618. The number of carbonyl (C=O) groups excluding carboxylic acids is 1. The van der Waals surface area contributed by atoms with E-state index < -0.39 is 10.0 Å². The molecule has 0 heterocycles. The second-order valence-corrected chi connectivity index (χ2v) is 8.43. The van der Waals surface area contributed by atoms with Crippen LogP contribution in [0.2, 0.25) is 0 Å². The molecule has 0 atom stereocenters. The molecule has 30 heavy (non-hydrogen) atoms. The Hall–Kier alpha value is -3.56. The van der Waals surface area contributed by atoms with Gasteiger partial charge in [-0.15, -0.1) is 0 Å². The molecule has 0 unspecified atom stereocenters. The third kappa shape index (κ3) is 5.28. The van der Waals surface area contributed by atoms with E-state index in [0.29, 0.717) is 16.8 Å². The van der Waals surface area contributed by atoms with Gasteiger partial charge in [-0.2, -0.15) is 0 Å². The van der Waals surface area contributed by atoms with E-state index >= 15 is 0 Å². The number of para-hydroxylation sites is 1. The number of hydrogen-bond donors (Lipinski definition) is 2. The lowest BCUT2D eigenvalue weighted by molar-refractivity contribution is 0.0958. The predicted molar refractivity (Wildman–Crippen MR) is 119 cm³/mol. The summed E-state index contributed by atoms with van der Waals surface area (Å²) in [5.74, 6) is 5.48. The molecule has 6 heteroatoms. The summed E-state index contributed by atoms with van der Waals surface area (Å²) in [7, 11) is -3.83. The molecule has 1 amide bonds. The second kappa shape index (κ2) is 9.29. The van der Waals surface area contributed by atoms with E-state index in [1.807, 2.05) is 49.4 Å². The molecule has 0 aliphatic heterocycles. The van der Waals surface area contributed by atoms with Crippen LogP contribution in [-0.2, 0) is 10.0 Å². The van der Waals surface area contributed by atoms with E-state index in [4.69, 9.17) is 0 Å². The van der Waals surface area contributed by atoms with E-state index in [-0.39, 0.29) is 17.3 Å². The lowest BCUT2D eigenvalue weighted by atomic mass is 10.1. The minimum absolute atomic E-state index is 0.0249. The predicted octanol–water partition coefficient (Wildman–Crippen LogP) is 3.89. The van der Waals surface area contributed by atoms with E-state index in [0.717, 1.165) is 11.1 Å². The van der Waals surface area contributed by atoms with Gasteiger partial charge in [-0.3, -0.25) is 9.52 Å². The smallest absolute Gasteiger partial charge is 0.261 e. The average molecular weight is 419 g/mol. The van der Waals surface area contributed by atoms with Crippen molar-refractivity contribution >= 4 is 21.6 Å². The monoisotopic (exact) mass is 418 g/mol. The Kier molecular flexibility index (Phi) is 6.55. The van der Waals surface area contributed by atoms with Gasteiger partial charge in [0.25, 0.3) is 15.9 Å². The zero-order chi connectivity index (χ0) is 21.6. The number of amides is 1. The Morgan fingerprint density at radius 1 is 0.900 bits per heavy atom. The van der Waals surface area contributed by atoms with Crippen LogP contribution in [0.4, 0.5) is 5.69 Å². The topological polar surface area (TPSA) is 75.3 Å². The summed E-state index contributed by atoms with van der Waals surface area (Å²) in [6, 6.07) is 21.1. The van der Waals surface area contributed by atoms with Crippen LogP contribution in [0.25, 0.3) is 0 Å². The van der Waals surface area contributed by atoms with Gasteiger partial charge >= 0.3 is 0 Å². The maximum absolute atomic E-state index is 12.8. The molecule has 0 radical (unpaired) electrons. The number of carbonyl (C=O) groups is 1. The fraction of sp³-hybridized carbons (Fsp3) is 0.125. The maximum atomic E-state index is 12.8. The minimum Gasteiger partial charge on any atom is -0.341 e. The van der Waals surface area contributed by atoms with Crippen molar-refractivity contribution in [3.05, 3.63) is 95.1 Å². The van der Waals surface area contributed by atoms with Crippen LogP contribution in [0.3, 0.4) is 0 Å². The molecule has 0 saturated heterocycles. The van der Waals surface area contributed by atoms with Gasteiger partial charge in [0.2, 0.25) is 0 Å². The Bertz CT molecular complexity index is 1220. The van der Waals surface area contributed by atoms with Gasteiger partial charge in [-0.1, -0.05) is 54.3 Å². The van der Waals surface area contributed by atoms with Gasteiger partial charge in [-0.25, -0.2) is 8.42 Å². The van der Waals surface area contributed by atoms with Crippen LogP contribution in [0.5, 0.6) is 0 Å². The van der Waals surface area contributed by atoms with Crippen molar-refractivity contribution in [2.24, 2.45) is 0 Å². The summed E-state index contributed by atoms with van der Waals surface area (Å²) >= 11 is 0. The summed E-state index contributed by atoms with van der Waals surface area (Å²) < 4.78 is 28.2. The van der Waals surface area contributed by atoms with Crippen molar-refractivity contribution in [1.29, 1.82) is 0 Å². The molecule has 0 aliphatic rings. The third-order valence-electron chi connectivity index (χ3n) is 4.50. The molecule has 0 bridgehead atoms. The SMILES string of the molecule is Cc1ccccc1NS(=O)(=O)c1ccc(C)c(C(=O)NCC#Cc2ccccc2)c1. The van der Waals surface area contributed by atoms with Crippen molar-refractivity contribution in [3.8, 4) is 11.8 Å². The molecule has 5 nitrogen and oxygen atoms in total. The third-order valence-corrected chi connectivity index (χ3v) is 5.86. The first-order chi connectivity index (χ1) is 14.4. The molecule has 2 N–H and O–H groups in total. The standard InChI is InChI=1S/C24H22N2O3S/c1-18-14-15-21(30(28,29)26-23-13-7-6-9-19(23)2)17-22(18)24(27)25-16-8-12-20-10-4-3-5-11-20/h3-7,9-11,13-15,17,26H,16H2,1-2H3,(H,25,27). The summed E-state index contributed by atoms with van der Waals surface area (Å²) in [4.78, 5) is 12.6. The van der Waals surface area contributed by atoms with Gasteiger partial charge in [0.15, 0.2) is 0 Å². The van der Waals surface area contributed by atoms with Gasteiger partial charge in [0, 0.05) is 11.1 Å². The number of hydrogen-bond acceptors (Lipinski definition) is 3. The molecule has 0 fully saturated rings. The highest BCUT2D eigenvalue weighted by Gasteiger charge is 2.18. The van der Waals surface area contributed by atoms with Crippen LogP contribution < -0.4 is 10.0 Å². The summed E-state index contributed by atoms with van der Waals surface area (Å²) in [6.45, 7) is 3.74. The Balaban J connectivity index is 1.75. The van der Waals surface area contributed by atoms with Crippen LogP contribution in [0, 0.1) is 25.7 Å². The number of anilines is 1. The van der Waals surface area contributed by atoms with Crippen LogP contribution in [-0.4, -0.2) is 20.9 Å². The number of rotatable bonds is 5. The van der Waals surface area contributed by atoms with Crippen molar-refractivity contribution in [2.45, 2.75) is 18.7 Å². The molecule has 3 aromatic carbocycles. The van der Waals surface area contributed by atoms with Gasteiger partial charge < -0.3 is 5.32 Å². The highest BCUT2D eigenvalue weighted by molar-refractivity contribution is 7.92. The van der Waals surface area contributed by atoms with E-state index in [9.17, 15) is 13.2 Å². The number of aryl methyl sites for hydroxylation is 2. The normalized spacial score (nSPS) is 10.6. The average Bonchev–Trinajstić information content (AvgIpc) is 2.73. The van der Waals surface area contributed by atoms with E-state index in [1.54, 1.807) is 25.1 Å². The van der Waals surface area contributed by atoms with E-state index in [1.165, 1.54) is 12.1 Å².